The first kappa shape index (κ1) is 16.3. The Morgan fingerprint density at radius 2 is 1.43 bits per heavy atom. The lowest BCUT2D eigenvalue weighted by Gasteiger charge is -2.62. The maximum atomic E-state index is 10.8. The van der Waals surface area contributed by atoms with Crippen LogP contribution in [0.5, 0.6) is 0 Å². The topological polar surface area (TPSA) is 80.9 Å². The van der Waals surface area contributed by atoms with Crippen molar-refractivity contribution in [2.45, 2.75) is 83.2 Å². The van der Waals surface area contributed by atoms with Crippen LogP contribution in [-0.4, -0.2) is 44.8 Å². The van der Waals surface area contributed by atoms with Gasteiger partial charge in [-0.1, -0.05) is 13.8 Å². The van der Waals surface area contributed by atoms with Crippen molar-refractivity contribution in [3.63, 3.8) is 0 Å². The van der Waals surface area contributed by atoms with Crippen LogP contribution in [0.25, 0.3) is 0 Å². The van der Waals surface area contributed by atoms with Crippen LogP contribution in [0.1, 0.15) is 58.8 Å². The summed E-state index contributed by atoms with van der Waals surface area (Å²) < 4.78 is 0. The maximum Gasteiger partial charge on any atom is 0.0622 e. The molecule has 3 unspecified atom stereocenters. The summed E-state index contributed by atoms with van der Waals surface area (Å²) in [5.41, 5.74) is -0.131. The lowest BCUT2D eigenvalue weighted by atomic mass is 9.44. The summed E-state index contributed by atoms with van der Waals surface area (Å²) in [6.45, 7) is 4.45. The van der Waals surface area contributed by atoms with E-state index >= 15 is 0 Å². The van der Waals surface area contributed by atoms with Gasteiger partial charge in [0.15, 0.2) is 0 Å². The Kier molecular flexibility index (Phi) is 3.67. The van der Waals surface area contributed by atoms with Crippen molar-refractivity contribution in [2.24, 2.45) is 34.5 Å². The van der Waals surface area contributed by atoms with Crippen molar-refractivity contribution in [2.75, 3.05) is 0 Å². The molecule has 4 nitrogen and oxygen atoms in total. The number of rotatable bonds is 0. The first-order valence-corrected chi connectivity index (χ1v) is 9.49. The van der Waals surface area contributed by atoms with Gasteiger partial charge in [-0.3, -0.25) is 0 Å². The highest BCUT2D eigenvalue weighted by molar-refractivity contribution is 5.13. The third-order valence-electron chi connectivity index (χ3n) is 8.59. The van der Waals surface area contributed by atoms with E-state index in [0.29, 0.717) is 24.7 Å². The van der Waals surface area contributed by atoms with Gasteiger partial charge in [0.1, 0.15) is 0 Å². The second-order valence-corrected chi connectivity index (χ2v) is 9.50. The minimum Gasteiger partial charge on any atom is -0.393 e. The number of hydrogen-bond donors (Lipinski definition) is 4. The fourth-order valence-corrected chi connectivity index (χ4v) is 7.32. The van der Waals surface area contributed by atoms with Gasteiger partial charge in [-0.25, -0.2) is 0 Å². The van der Waals surface area contributed by atoms with E-state index in [-0.39, 0.29) is 34.9 Å². The molecule has 4 rings (SSSR count). The Morgan fingerprint density at radius 3 is 2.17 bits per heavy atom. The van der Waals surface area contributed by atoms with Gasteiger partial charge in [-0.05, 0) is 73.0 Å². The van der Waals surface area contributed by atoms with Crippen LogP contribution in [0, 0.1) is 34.5 Å². The summed E-state index contributed by atoms with van der Waals surface area (Å²) in [6, 6.07) is 0. The highest BCUT2D eigenvalue weighted by Gasteiger charge is 2.64. The highest BCUT2D eigenvalue weighted by Crippen LogP contribution is 2.66. The van der Waals surface area contributed by atoms with Gasteiger partial charge in [-0.2, -0.15) is 0 Å². The summed E-state index contributed by atoms with van der Waals surface area (Å²) >= 11 is 0. The second-order valence-electron chi connectivity index (χ2n) is 9.50. The molecule has 0 radical (unpaired) electrons. The maximum absolute atomic E-state index is 10.8. The lowest BCUT2D eigenvalue weighted by Crippen LogP contribution is -2.59. The molecule has 4 aliphatic rings. The third-order valence-corrected chi connectivity index (χ3v) is 8.59. The fraction of sp³-hybridized carbons (Fsp3) is 1.00. The highest BCUT2D eigenvalue weighted by atomic mass is 16.3. The minimum atomic E-state index is -0.440. The lowest BCUT2D eigenvalue weighted by molar-refractivity contribution is -0.182. The first-order valence-electron chi connectivity index (χ1n) is 9.49. The van der Waals surface area contributed by atoms with Crippen molar-refractivity contribution in [1.82, 2.24) is 0 Å². The van der Waals surface area contributed by atoms with E-state index in [4.69, 9.17) is 0 Å². The monoisotopic (exact) mass is 324 g/mol. The van der Waals surface area contributed by atoms with Crippen LogP contribution in [0.4, 0.5) is 0 Å². The Morgan fingerprint density at radius 1 is 0.739 bits per heavy atom. The van der Waals surface area contributed by atoms with Crippen LogP contribution in [0.2, 0.25) is 0 Å². The van der Waals surface area contributed by atoms with E-state index in [1.165, 1.54) is 0 Å². The molecule has 0 heterocycles. The van der Waals surface area contributed by atoms with Gasteiger partial charge in [-0.15, -0.1) is 0 Å². The summed E-state index contributed by atoms with van der Waals surface area (Å²) in [7, 11) is 0. The first-order chi connectivity index (χ1) is 10.8. The van der Waals surface area contributed by atoms with Crippen LogP contribution in [0.15, 0.2) is 0 Å². The molecule has 0 spiro atoms. The van der Waals surface area contributed by atoms with Crippen molar-refractivity contribution >= 4 is 0 Å². The smallest absolute Gasteiger partial charge is 0.0622 e. The molecule has 0 amide bonds. The summed E-state index contributed by atoms with van der Waals surface area (Å²) in [5.74, 6) is 1.09. The summed E-state index contributed by atoms with van der Waals surface area (Å²) in [6.07, 6.45) is 4.26. The Balaban J connectivity index is 1.69. The fourth-order valence-electron chi connectivity index (χ4n) is 7.32. The zero-order valence-corrected chi connectivity index (χ0v) is 14.4. The molecular weight excluding hydrogens is 292 g/mol. The van der Waals surface area contributed by atoms with Gasteiger partial charge in [0.25, 0.3) is 0 Å². The normalized spacial score (nSPS) is 62.3. The van der Waals surface area contributed by atoms with Crippen molar-refractivity contribution in [1.29, 1.82) is 0 Å². The van der Waals surface area contributed by atoms with Gasteiger partial charge < -0.3 is 20.4 Å². The molecule has 0 saturated heterocycles. The van der Waals surface area contributed by atoms with E-state index in [2.05, 4.69) is 13.8 Å². The molecule has 4 aliphatic carbocycles. The van der Waals surface area contributed by atoms with Crippen LogP contribution >= 0.6 is 0 Å². The predicted octanol–water partition coefficient (Wildman–Crippen LogP) is 1.69. The summed E-state index contributed by atoms with van der Waals surface area (Å²) in [4.78, 5) is 0. The molecule has 0 aliphatic heterocycles. The molecule has 23 heavy (non-hydrogen) atoms. The summed E-state index contributed by atoms with van der Waals surface area (Å²) in [5, 5.41) is 42.0. The number of aliphatic hydroxyl groups excluding tert-OH is 4. The number of aliphatic hydroxyl groups is 4. The van der Waals surface area contributed by atoms with E-state index < -0.39 is 12.2 Å². The van der Waals surface area contributed by atoms with Crippen molar-refractivity contribution in [3.05, 3.63) is 0 Å². The standard InChI is InChI=1S/C19H32O4/c1-18-5-3-10(20)7-13(18)14(21)8-11-12(18)4-6-19(2)16(23)9-15(22)17(11)19/h10-17,20-23H,3-9H2,1-2H3/t10-,11+,12?,13?,14+,15+,16-,17?,18+,19+/m0/s1. The van der Waals surface area contributed by atoms with Crippen LogP contribution in [-0.2, 0) is 0 Å². The van der Waals surface area contributed by atoms with E-state index in [9.17, 15) is 20.4 Å². The largest absolute Gasteiger partial charge is 0.393 e. The molecule has 132 valence electrons. The van der Waals surface area contributed by atoms with E-state index in [0.717, 1.165) is 32.1 Å². The zero-order valence-electron chi connectivity index (χ0n) is 14.4. The molecule has 0 bridgehead atoms. The van der Waals surface area contributed by atoms with Gasteiger partial charge in [0.2, 0.25) is 0 Å². The third kappa shape index (κ3) is 2.11. The molecule has 10 atom stereocenters. The molecule has 4 fully saturated rings. The molecule has 0 aromatic rings. The van der Waals surface area contributed by atoms with Gasteiger partial charge >= 0.3 is 0 Å². The molecule has 4 heteroatoms. The Bertz CT molecular complexity index is 482. The average Bonchev–Trinajstić information content (AvgIpc) is 2.71. The van der Waals surface area contributed by atoms with Gasteiger partial charge in [0, 0.05) is 6.42 Å². The molecule has 4 N–H and O–H groups in total. The second kappa shape index (κ2) is 5.17. The quantitative estimate of drug-likeness (QED) is 0.547. The molecular formula is C19H32O4. The molecule has 0 aromatic carbocycles. The van der Waals surface area contributed by atoms with E-state index in [1.54, 1.807) is 0 Å². The Labute approximate surface area is 138 Å². The van der Waals surface area contributed by atoms with Crippen molar-refractivity contribution < 1.29 is 20.4 Å². The SMILES string of the molecule is C[C@]12CC[C@H](O)CC1[C@H](O)C[C@@H]1C2CC[C@@]2(C)C1[C@H](O)C[C@@H]2O. The Hall–Kier alpha value is -0.160. The number of fused-ring (bicyclic) bond motifs is 5. The number of hydrogen-bond acceptors (Lipinski definition) is 4. The minimum absolute atomic E-state index is 0.0656. The average molecular weight is 324 g/mol. The molecule has 4 saturated carbocycles. The van der Waals surface area contributed by atoms with Crippen molar-refractivity contribution in [3.8, 4) is 0 Å². The van der Waals surface area contributed by atoms with E-state index in [1.807, 2.05) is 0 Å². The zero-order chi connectivity index (χ0) is 16.6. The van der Waals surface area contributed by atoms with Crippen LogP contribution < -0.4 is 0 Å². The molecule has 0 aromatic heterocycles. The van der Waals surface area contributed by atoms with Crippen LogP contribution in [0.3, 0.4) is 0 Å². The predicted molar refractivity (Wildman–Crippen MR) is 86.5 cm³/mol. The van der Waals surface area contributed by atoms with Gasteiger partial charge in [0.05, 0.1) is 24.4 Å².